The van der Waals surface area contributed by atoms with Crippen LogP contribution in [0, 0.1) is 11.3 Å². The van der Waals surface area contributed by atoms with E-state index in [0.717, 1.165) is 12.8 Å². The van der Waals surface area contributed by atoms with Crippen LogP contribution in [0.15, 0.2) is 0 Å². The SMILES string of the molecule is CCC(CC)(CN)C(=O)NC(CO)C(C)C. The molecule has 1 atom stereocenters. The van der Waals surface area contributed by atoms with Crippen molar-refractivity contribution in [3.63, 3.8) is 0 Å². The number of carbonyl (C=O) groups is 1. The van der Waals surface area contributed by atoms with Crippen LogP contribution in [-0.2, 0) is 4.79 Å². The van der Waals surface area contributed by atoms with Crippen LogP contribution in [-0.4, -0.2) is 30.2 Å². The van der Waals surface area contributed by atoms with Gasteiger partial charge in [0.15, 0.2) is 0 Å². The van der Waals surface area contributed by atoms with E-state index in [4.69, 9.17) is 5.73 Å². The first-order chi connectivity index (χ1) is 7.47. The second-order valence-electron chi connectivity index (χ2n) is 4.70. The predicted molar refractivity (Wildman–Crippen MR) is 65.9 cm³/mol. The molecule has 0 aromatic heterocycles. The van der Waals surface area contributed by atoms with Crippen molar-refractivity contribution in [3.05, 3.63) is 0 Å². The van der Waals surface area contributed by atoms with Crippen molar-refractivity contribution in [1.82, 2.24) is 5.32 Å². The van der Waals surface area contributed by atoms with E-state index >= 15 is 0 Å². The topological polar surface area (TPSA) is 75.4 Å². The second-order valence-corrected chi connectivity index (χ2v) is 4.70. The highest BCUT2D eigenvalue weighted by molar-refractivity contribution is 5.83. The maximum Gasteiger partial charge on any atom is 0.227 e. The number of aliphatic hydroxyl groups is 1. The molecule has 0 aliphatic carbocycles. The Bertz CT molecular complexity index is 205. The molecule has 0 aliphatic heterocycles. The number of aliphatic hydroxyl groups excluding tert-OH is 1. The lowest BCUT2D eigenvalue weighted by Gasteiger charge is -2.31. The minimum Gasteiger partial charge on any atom is -0.394 e. The summed E-state index contributed by atoms with van der Waals surface area (Å²) >= 11 is 0. The Kier molecular flexibility index (Phi) is 6.60. The molecule has 4 N–H and O–H groups in total. The van der Waals surface area contributed by atoms with E-state index in [1.807, 2.05) is 27.7 Å². The molecule has 0 aliphatic rings. The molecule has 0 saturated heterocycles. The summed E-state index contributed by atoms with van der Waals surface area (Å²) in [6, 6.07) is -0.184. The fourth-order valence-corrected chi connectivity index (χ4v) is 1.70. The van der Waals surface area contributed by atoms with Gasteiger partial charge in [-0.3, -0.25) is 4.79 Å². The lowest BCUT2D eigenvalue weighted by Crippen LogP contribution is -2.51. The average molecular weight is 230 g/mol. The van der Waals surface area contributed by atoms with Gasteiger partial charge in [-0.1, -0.05) is 27.7 Å². The van der Waals surface area contributed by atoms with Crippen LogP contribution in [0.25, 0.3) is 0 Å². The number of hydrogen-bond donors (Lipinski definition) is 3. The van der Waals surface area contributed by atoms with Crippen LogP contribution in [0.1, 0.15) is 40.5 Å². The van der Waals surface area contributed by atoms with Gasteiger partial charge in [0.05, 0.1) is 18.1 Å². The summed E-state index contributed by atoms with van der Waals surface area (Å²) in [4.78, 5) is 12.1. The molecule has 4 nitrogen and oxygen atoms in total. The van der Waals surface area contributed by atoms with Gasteiger partial charge in [0.2, 0.25) is 5.91 Å². The van der Waals surface area contributed by atoms with Crippen LogP contribution < -0.4 is 11.1 Å². The summed E-state index contributed by atoms with van der Waals surface area (Å²) in [6.45, 7) is 8.21. The Hall–Kier alpha value is -0.610. The Balaban J connectivity index is 4.64. The third-order valence-corrected chi connectivity index (χ3v) is 3.54. The number of nitrogens with one attached hydrogen (secondary N) is 1. The van der Waals surface area contributed by atoms with Gasteiger partial charge in [-0.25, -0.2) is 0 Å². The van der Waals surface area contributed by atoms with E-state index in [0.29, 0.717) is 6.54 Å². The quantitative estimate of drug-likeness (QED) is 0.608. The van der Waals surface area contributed by atoms with Gasteiger partial charge in [-0.15, -0.1) is 0 Å². The summed E-state index contributed by atoms with van der Waals surface area (Å²) in [5, 5.41) is 12.1. The molecular formula is C12H26N2O2. The standard InChI is InChI=1S/C12H26N2O2/c1-5-12(6-2,8-13)11(16)14-10(7-15)9(3)4/h9-10,15H,5-8,13H2,1-4H3,(H,14,16). The highest BCUT2D eigenvalue weighted by atomic mass is 16.3. The number of hydrogen-bond acceptors (Lipinski definition) is 3. The van der Waals surface area contributed by atoms with E-state index in [9.17, 15) is 9.90 Å². The first kappa shape index (κ1) is 15.4. The van der Waals surface area contributed by atoms with Crippen molar-refractivity contribution >= 4 is 5.91 Å². The zero-order valence-corrected chi connectivity index (χ0v) is 10.9. The molecule has 0 saturated carbocycles. The Morgan fingerprint density at radius 2 is 1.88 bits per heavy atom. The normalized spacial score (nSPS) is 13.9. The predicted octanol–water partition coefficient (Wildman–Crippen LogP) is 0.885. The third-order valence-electron chi connectivity index (χ3n) is 3.54. The van der Waals surface area contributed by atoms with Gasteiger partial charge in [0, 0.05) is 6.54 Å². The summed E-state index contributed by atoms with van der Waals surface area (Å²) < 4.78 is 0. The highest BCUT2D eigenvalue weighted by Crippen LogP contribution is 2.25. The minimum absolute atomic E-state index is 0.0303. The monoisotopic (exact) mass is 230 g/mol. The molecule has 96 valence electrons. The van der Waals surface area contributed by atoms with Crippen LogP contribution in [0.5, 0.6) is 0 Å². The fourth-order valence-electron chi connectivity index (χ4n) is 1.70. The molecule has 0 bridgehead atoms. The maximum absolute atomic E-state index is 12.1. The van der Waals surface area contributed by atoms with E-state index in [1.54, 1.807) is 0 Å². The lowest BCUT2D eigenvalue weighted by molar-refractivity contribution is -0.132. The first-order valence-electron chi connectivity index (χ1n) is 6.09. The first-order valence-corrected chi connectivity index (χ1v) is 6.09. The van der Waals surface area contributed by atoms with E-state index < -0.39 is 5.41 Å². The Morgan fingerprint density at radius 1 is 1.38 bits per heavy atom. The van der Waals surface area contributed by atoms with E-state index in [-0.39, 0.29) is 24.5 Å². The van der Waals surface area contributed by atoms with Gasteiger partial charge in [0.25, 0.3) is 0 Å². The molecule has 1 amide bonds. The fraction of sp³-hybridized carbons (Fsp3) is 0.917. The van der Waals surface area contributed by atoms with Crippen molar-refractivity contribution in [2.45, 2.75) is 46.6 Å². The second kappa shape index (κ2) is 6.86. The number of amides is 1. The molecule has 0 radical (unpaired) electrons. The molecule has 4 heteroatoms. The average Bonchev–Trinajstić information content (AvgIpc) is 2.28. The lowest BCUT2D eigenvalue weighted by atomic mass is 9.81. The van der Waals surface area contributed by atoms with Crippen LogP contribution in [0.4, 0.5) is 0 Å². The largest absolute Gasteiger partial charge is 0.394 e. The van der Waals surface area contributed by atoms with Crippen LogP contribution in [0.2, 0.25) is 0 Å². The third kappa shape index (κ3) is 3.46. The minimum atomic E-state index is -0.484. The number of rotatable bonds is 7. The molecule has 0 aromatic carbocycles. The van der Waals surface area contributed by atoms with Crippen molar-refractivity contribution in [2.24, 2.45) is 17.1 Å². The molecule has 16 heavy (non-hydrogen) atoms. The molecule has 0 heterocycles. The zero-order valence-electron chi connectivity index (χ0n) is 10.9. The zero-order chi connectivity index (χ0) is 12.8. The Labute approximate surface area is 98.6 Å². The molecule has 0 rings (SSSR count). The summed E-state index contributed by atoms with van der Waals surface area (Å²) in [5.74, 6) is 0.186. The number of carbonyl (C=O) groups excluding carboxylic acids is 1. The van der Waals surface area contributed by atoms with Gasteiger partial charge in [0.1, 0.15) is 0 Å². The van der Waals surface area contributed by atoms with Crippen LogP contribution >= 0.6 is 0 Å². The number of nitrogens with two attached hydrogens (primary N) is 1. The summed E-state index contributed by atoms with van der Waals surface area (Å²) in [7, 11) is 0. The maximum atomic E-state index is 12.1. The molecule has 0 spiro atoms. The Morgan fingerprint density at radius 3 is 2.12 bits per heavy atom. The highest BCUT2D eigenvalue weighted by Gasteiger charge is 2.34. The van der Waals surface area contributed by atoms with Gasteiger partial charge < -0.3 is 16.2 Å². The van der Waals surface area contributed by atoms with Crippen molar-refractivity contribution in [1.29, 1.82) is 0 Å². The van der Waals surface area contributed by atoms with Gasteiger partial charge in [-0.05, 0) is 18.8 Å². The molecular weight excluding hydrogens is 204 g/mol. The molecule has 0 aromatic rings. The van der Waals surface area contributed by atoms with Crippen molar-refractivity contribution < 1.29 is 9.90 Å². The summed E-state index contributed by atoms with van der Waals surface area (Å²) in [5.41, 5.74) is 5.22. The molecule has 0 fully saturated rings. The van der Waals surface area contributed by atoms with Gasteiger partial charge in [-0.2, -0.15) is 0 Å². The van der Waals surface area contributed by atoms with Gasteiger partial charge >= 0.3 is 0 Å². The van der Waals surface area contributed by atoms with Crippen molar-refractivity contribution in [2.75, 3.05) is 13.2 Å². The van der Waals surface area contributed by atoms with E-state index in [1.165, 1.54) is 0 Å². The van der Waals surface area contributed by atoms with E-state index in [2.05, 4.69) is 5.32 Å². The molecule has 1 unspecified atom stereocenters. The summed E-state index contributed by atoms with van der Waals surface area (Å²) in [6.07, 6.45) is 1.45. The van der Waals surface area contributed by atoms with Crippen molar-refractivity contribution in [3.8, 4) is 0 Å². The smallest absolute Gasteiger partial charge is 0.227 e. The van der Waals surface area contributed by atoms with Crippen LogP contribution in [0.3, 0.4) is 0 Å².